The second-order valence-corrected chi connectivity index (χ2v) is 4.84. The molecule has 84 valence electrons. The van der Waals surface area contributed by atoms with Crippen molar-refractivity contribution in [3.8, 4) is 0 Å². The van der Waals surface area contributed by atoms with Gasteiger partial charge in [-0.2, -0.15) is 0 Å². The smallest absolute Gasteiger partial charge is 0.307 e. The van der Waals surface area contributed by atoms with E-state index in [1.807, 2.05) is 0 Å². The van der Waals surface area contributed by atoms with E-state index in [0.717, 1.165) is 13.0 Å². The third-order valence-electron chi connectivity index (χ3n) is 2.24. The molecule has 1 rings (SSSR count). The van der Waals surface area contributed by atoms with Crippen molar-refractivity contribution in [3.63, 3.8) is 0 Å². The molecule has 0 aliphatic rings. The maximum absolute atomic E-state index is 10.6. The summed E-state index contributed by atoms with van der Waals surface area (Å²) in [5.74, 6) is -1.07. The minimum Gasteiger partial charge on any atom is -0.481 e. The van der Waals surface area contributed by atoms with Gasteiger partial charge in [0, 0.05) is 22.8 Å². The number of hydrogen-bond donors (Lipinski definition) is 2. The second-order valence-electron chi connectivity index (χ2n) is 3.59. The Bertz CT molecular complexity index is 322. The summed E-state index contributed by atoms with van der Waals surface area (Å²) >= 11 is 1.78. The highest BCUT2D eigenvalue weighted by atomic mass is 32.1. The lowest BCUT2D eigenvalue weighted by Gasteiger charge is -2.06. The zero-order valence-corrected chi connectivity index (χ0v) is 9.93. The van der Waals surface area contributed by atoms with Crippen LogP contribution in [0.2, 0.25) is 0 Å². The fourth-order valence-corrected chi connectivity index (χ4v) is 2.13. The Morgan fingerprint density at radius 3 is 2.73 bits per heavy atom. The number of hydrogen-bond acceptors (Lipinski definition) is 3. The zero-order valence-electron chi connectivity index (χ0n) is 9.12. The number of nitrogens with one attached hydrogen (secondary N) is 1. The highest BCUT2D eigenvalue weighted by Gasteiger charge is 2.09. The molecule has 15 heavy (non-hydrogen) atoms. The van der Waals surface area contributed by atoms with E-state index >= 15 is 0 Å². The topological polar surface area (TPSA) is 49.3 Å². The Labute approximate surface area is 94.1 Å². The first-order valence-corrected chi connectivity index (χ1v) is 5.96. The molecule has 1 unspecified atom stereocenters. The highest BCUT2D eigenvalue weighted by Crippen LogP contribution is 2.16. The molecule has 1 aromatic rings. The van der Waals surface area contributed by atoms with E-state index in [4.69, 9.17) is 5.11 Å². The number of carboxylic acid groups (broad SMARTS) is 1. The van der Waals surface area contributed by atoms with Crippen LogP contribution in [-0.4, -0.2) is 17.6 Å². The molecule has 0 saturated carbocycles. The van der Waals surface area contributed by atoms with Crippen LogP contribution in [-0.2, 0) is 17.8 Å². The van der Waals surface area contributed by atoms with Crippen molar-refractivity contribution in [2.24, 2.45) is 5.92 Å². The Balaban J connectivity index is 2.28. The molecule has 4 heteroatoms. The van der Waals surface area contributed by atoms with Gasteiger partial charge in [0.1, 0.15) is 0 Å². The number of rotatable bonds is 6. The lowest BCUT2D eigenvalue weighted by atomic mass is 10.2. The molecule has 1 aromatic heterocycles. The van der Waals surface area contributed by atoms with Crippen molar-refractivity contribution in [2.75, 3.05) is 6.54 Å². The van der Waals surface area contributed by atoms with Crippen molar-refractivity contribution in [1.29, 1.82) is 0 Å². The average molecular weight is 227 g/mol. The Kier molecular flexibility index (Phi) is 4.78. The molecule has 2 N–H and O–H groups in total. The van der Waals surface area contributed by atoms with Crippen LogP contribution in [0.5, 0.6) is 0 Å². The van der Waals surface area contributed by atoms with E-state index in [9.17, 15) is 4.79 Å². The van der Waals surface area contributed by atoms with E-state index in [1.54, 1.807) is 18.3 Å². The lowest BCUT2D eigenvalue weighted by Crippen LogP contribution is -2.25. The largest absolute Gasteiger partial charge is 0.481 e. The zero-order chi connectivity index (χ0) is 11.3. The molecule has 0 amide bonds. The van der Waals surface area contributed by atoms with Crippen LogP contribution in [0.25, 0.3) is 0 Å². The SMILES string of the molecule is CCc1ccc(CNCC(C)C(=O)O)s1. The maximum atomic E-state index is 10.6. The highest BCUT2D eigenvalue weighted by molar-refractivity contribution is 7.11. The van der Waals surface area contributed by atoms with Gasteiger partial charge < -0.3 is 10.4 Å². The molecule has 0 fully saturated rings. The third-order valence-corrected chi connectivity index (χ3v) is 3.47. The van der Waals surface area contributed by atoms with Crippen LogP contribution >= 0.6 is 11.3 Å². The molecule has 0 radical (unpaired) electrons. The number of aryl methyl sites for hydroxylation is 1. The standard InChI is InChI=1S/C11H17NO2S/c1-3-9-4-5-10(15-9)7-12-6-8(2)11(13)14/h4-5,8,12H,3,6-7H2,1-2H3,(H,13,14). The van der Waals surface area contributed by atoms with Gasteiger partial charge in [-0.25, -0.2) is 0 Å². The van der Waals surface area contributed by atoms with E-state index in [2.05, 4.69) is 24.4 Å². The van der Waals surface area contributed by atoms with Gasteiger partial charge in [-0.1, -0.05) is 13.8 Å². The van der Waals surface area contributed by atoms with Crippen LogP contribution in [0.4, 0.5) is 0 Å². The van der Waals surface area contributed by atoms with E-state index in [0.29, 0.717) is 6.54 Å². The summed E-state index contributed by atoms with van der Waals surface area (Å²) in [7, 11) is 0. The average Bonchev–Trinajstić information content (AvgIpc) is 2.65. The summed E-state index contributed by atoms with van der Waals surface area (Å²) < 4.78 is 0. The van der Waals surface area contributed by atoms with Crippen molar-refractivity contribution in [1.82, 2.24) is 5.32 Å². The molecule has 0 aliphatic heterocycles. The molecule has 1 atom stereocenters. The van der Waals surface area contributed by atoms with Gasteiger partial charge >= 0.3 is 5.97 Å². The maximum Gasteiger partial charge on any atom is 0.307 e. The first kappa shape index (κ1) is 12.2. The summed E-state index contributed by atoms with van der Waals surface area (Å²) in [4.78, 5) is 13.2. The van der Waals surface area contributed by atoms with Gasteiger partial charge in [-0.3, -0.25) is 4.79 Å². The van der Waals surface area contributed by atoms with Crippen LogP contribution < -0.4 is 5.32 Å². The molecular weight excluding hydrogens is 210 g/mol. The lowest BCUT2D eigenvalue weighted by molar-refractivity contribution is -0.140. The number of aliphatic carboxylic acids is 1. The van der Waals surface area contributed by atoms with Crippen molar-refractivity contribution in [2.45, 2.75) is 26.8 Å². The Morgan fingerprint density at radius 1 is 1.53 bits per heavy atom. The van der Waals surface area contributed by atoms with Crippen LogP contribution in [0.1, 0.15) is 23.6 Å². The molecule has 0 spiro atoms. The van der Waals surface area contributed by atoms with Crippen molar-refractivity contribution < 1.29 is 9.90 Å². The van der Waals surface area contributed by atoms with Gasteiger partial charge in [-0.05, 0) is 18.6 Å². The fraction of sp³-hybridized carbons (Fsp3) is 0.545. The molecular formula is C11H17NO2S. The summed E-state index contributed by atoms with van der Waals surface area (Å²) in [6.07, 6.45) is 1.07. The Morgan fingerprint density at radius 2 is 2.20 bits per heavy atom. The van der Waals surface area contributed by atoms with Gasteiger partial charge in [0.15, 0.2) is 0 Å². The summed E-state index contributed by atoms with van der Waals surface area (Å²) in [6.45, 7) is 5.13. The number of thiophene rings is 1. The van der Waals surface area contributed by atoms with Gasteiger partial charge in [-0.15, -0.1) is 11.3 Å². The predicted octanol–water partition coefficient (Wildman–Crippen LogP) is 2.12. The number of carboxylic acids is 1. The number of carbonyl (C=O) groups is 1. The molecule has 0 saturated heterocycles. The van der Waals surface area contributed by atoms with E-state index in [1.165, 1.54) is 9.75 Å². The molecule has 3 nitrogen and oxygen atoms in total. The fourth-order valence-electron chi connectivity index (χ4n) is 1.21. The van der Waals surface area contributed by atoms with Crippen molar-refractivity contribution >= 4 is 17.3 Å². The van der Waals surface area contributed by atoms with E-state index in [-0.39, 0.29) is 5.92 Å². The third kappa shape index (κ3) is 4.01. The quantitative estimate of drug-likeness (QED) is 0.782. The summed E-state index contributed by atoms with van der Waals surface area (Å²) in [5.41, 5.74) is 0. The summed E-state index contributed by atoms with van der Waals surface area (Å²) in [6, 6.07) is 4.23. The molecule has 0 bridgehead atoms. The van der Waals surface area contributed by atoms with Crippen LogP contribution in [0.15, 0.2) is 12.1 Å². The molecule has 1 heterocycles. The summed E-state index contributed by atoms with van der Waals surface area (Å²) in [5, 5.41) is 11.8. The monoisotopic (exact) mass is 227 g/mol. The van der Waals surface area contributed by atoms with Crippen LogP contribution in [0, 0.1) is 5.92 Å². The predicted molar refractivity (Wildman–Crippen MR) is 62.2 cm³/mol. The first-order chi connectivity index (χ1) is 7.13. The van der Waals surface area contributed by atoms with Gasteiger partial charge in [0.2, 0.25) is 0 Å². The minimum absolute atomic E-state index is 0.324. The van der Waals surface area contributed by atoms with Crippen molar-refractivity contribution in [3.05, 3.63) is 21.9 Å². The molecule has 0 aromatic carbocycles. The normalized spacial score (nSPS) is 12.7. The van der Waals surface area contributed by atoms with Gasteiger partial charge in [0.05, 0.1) is 5.92 Å². The minimum atomic E-state index is -0.747. The molecule has 0 aliphatic carbocycles. The first-order valence-electron chi connectivity index (χ1n) is 5.14. The Hall–Kier alpha value is -0.870. The van der Waals surface area contributed by atoms with Crippen LogP contribution in [0.3, 0.4) is 0 Å². The van der Waals surface area contributed by atoms with Gasteiger partial charge in [0.25, 0.3) is 0 Å². The van der Waals surface area contributed by atoms with E-state index < -0.39 is 5.97 Å². The second kappa shape index (κ2) is 5.88.